The second-order valence-corrected chi connectivity index (χ2v) is 10.6. The molecular weight excluding hydrogens is 608 g/mol. The number of nitrogens with one attached hydrogen (secondary N) is 2. The molecule has 0 spiro atoms. The maximum Gasteiger partial charge on any atom is 0.217 e. The number of carbonyl (C=O) groups excluding carboxylic acids is 2. The average molecular weight is 659 g/mol. The van der Waals surface area contributed by atoms with Crippen molar-refractivity contribution in [3.05, 3.63) is 0 Å². The van der Waals surface area contributed by atoms with Gasteiger partial charge < -0.3 is 79.2 Å². The summed E-state index contributed by atoms with van der Waals surface area (Å²) in [5, 5.41) is 64.3. The van der Waals surface area contributed by atoms with E-state index in [0.29, 0.717) is 13.2 Å². The van der Waals surface area contributed by atoms with Gasteiger partial charge >= 0.3 is 0 Å². The van der Waals surface area contributed by atoms with Crippen LogP contribution >= 0.6 is 0 Å². The number of ether oxygens (including phenoxy) is 8. The van der Waals surface area contributed by atoms with E-state index in [1.807, 2.05) is 6.92 Å². The van der Waals surface area contributed by atoms with Crippen LogP contribution in [0.1, 0.15) is 20.8 Å². The molecule has 8 N–H and O–H groups in total. The number of rotatable bonds is 21. The molecule has 7 unspecified atom stereocenters. The van der Waals surface area contributed by atoms with Crippen LogP contribution in [-0.2, 0) is 47.5 Å². The van der Waals surface area contributed by atoms with Gasteiger partial charge in [-0.05, 0) is 6.92 Å². The minimum atomic E-state index is -1.39. The molecule has 0 saturated carbocycles. The van der Waals surface area contributed by atoms with Crippen molar-refractivity contribution in [2.75, 3.05) is 72.7 Å². The topological polar surface area (TPSA) is 253 Å². The fraction of sp³-hybridized carbons (Fsp3) is 0.926. The van der Waals surface area contributed by atoms with Crippen LogP contribution in [-0.4, -0.2) is 183 Å². The number of aliphatic hydroxyl groups excluding tert-OH is 6. The van der Waals surface area contributed by atoms with Crippen molar-refractivity contribution < 1.29 is 78.1 Å². The van der Waals surface area contributed by atoms with Crippen LogP contribution < -0.4 is 10.6 Å². The lowest BCUT2D eigenvalue weighted by Gasteiger charge is -2.42. The maximum atomic E-state index is 11.5. The van der Waals surface area contributed by atoms with E-state index in [9.17, 15) is 40.2 Å². The van der Waals surface area contributed by atoms with Crippen molar-refractivity contribution >= 4 is 11.8 Å². The number of carbonyl (C=O) groups is 2. The average Bonchev–Trinajstić information content (AvgIpc) is 3.00. The summed E-state index contributed by atoms with van der Waals surface area (Å²) in [6, 6.07) is -2.04. The highest BCUT2D eigenvalue weighted by Crippen LogP contribution is 2.23. The zero-order valence-corrected chi connectivity index (χ0v) is 25.9. The first-order valence-corrected chi connectivity index (χ1v) is 14.9. The molecular formula is C27H50N2O16. The molecule has 2 aliphatic heterocycles. The van der Waals surface area contributed by atoms with Gasteiger partial charge in [-0.2, -0.15) is 0 Å². The van der Waals surface area contributed by atoms with Gasteiger partial charge in [-0.25, -0.2) is 0 Å². The molecule has 0 radical (unpaired) electrons. The van der Waals surface area contributed by atoms with Gasteiger partial charge in [-0.3, -0.25) is 9.59 Å². The largest absolute Gasteiger partial charge is 0.394 e. The van der Waals surface area contributed by atoms with Gasteiger partial charge in [0.15, 0.2) is 12.6 Å². The van der Waals surface area contributed by atoms with Crippen LogP contribution in [0.5, 0.6) is 0 Å². The van der Waals surface area contributed by atoms with E-state index in [4.69, 9.17) is 37.9 Å². The van der Waals surface area contributed by atoms with Gasteiger partial charge in [0.05, 0.1) is 78.8 Å². The molecule has 45 heavy (non-hydrogen) atoms. The molecule has 0 aromatic carbocycles. The van der Waals surface area contributed by atoms with Crippen LogP contribution in [0.25, 0.3) is 0 Å². The van der Waals surface area contributed by atoms with Gasteiger partial charge in [0.1, 0.15) is 48.7 Å². The quantitative estimate of drug-likeness (QED) is 0.0540. The maximum absolute atomic E-state index is 11.5. The van der Waals surface area contributed by atoms with Crippen molar-refractivity contribution in [2.24, 2.45) is 0 Å². The van der Waals surface area contributed by atoms with Gasteiger partial charge in [0.25, 0.3) is 0 Å². The Balaban J connectivity index is 1.50. The van der Waals surface area contributed by atoms with Gasteiger partial charge in [0, 0.05) is 13.8 Å². The number of aliphatic hydroxyl groups is 6. The Morgan fingerprint density at radius 3 is 1.47 bits per heavy atom. The number of hydrogen-bond acceptors (Lipinski definition) is 16. The third kappa shape index (κ3) is 13.6. The van der Waals surface area contributed by atoms with Crippen molar-refractivity contribution in [1.82, 2.24) is 10.6 Å². The highest BCUT2D eigenvalue weighted by molar-refractivity contribution is 5.73. The number of hydrogen-bond donors (Lipinski definition) is 8. The highest BCUT2D eigenvalue weighted by atomic mass is 16.7. The summed E-state index contributed by atoms with van der Waals surface area (Å²) in [5.41, 5.74) is 0. The Morgan fingerprint density at radius 2 is 1.04 bits per heavy atom. The first-order chi connectivity index (χ1) is 21.5. The first-order valence-electron chi connectivity index (χ1n) is 14.9. The first kappa shape index (κ1) is 39.6. The van der Waals surface area contributed by atoms with Crippen molar-refractivity contribution in [3.8, 4) is 0 Å². The fourth-order valence-electron chi connectivity index (χ4n) is 4.60. The van der Waals surface area contributed by atoms with Crippen molar-refractivity contribution in [1.29, 1.82) is 0 Å². The van der Waals surface area contributed by atoms with E-state index in [1.54, 1.807) is 0 Å². The van der Waals surface area contributed by atoms with E-state index in [0.717, 1.165) is 0 Å². The summed E-state index contributed by atoms with van der Waals surface area (Å²) in [6.07, 6.45) is -10.1. The summed E-state index contributed by atoms with van der Waals surface area (Å²) < 4.78 is 44.2. The van der Waals surface area contributed by atoms with Gasteiger partial charge in [-0.15, -0.1) is 0 Å². The monoisotopic (exact) mass is 658 g/mol. The second-order valence-electron chi connectivity index (χ2n) is 10.6. The van der Waals surface area contributed by atoms with Crippen LogP contribution in [0.4, 0.5) is 0 Å². The van der Waals surface area contributed by atoms with E-state index in [-0.39, 0.29) is 52.4 Å². The minimum absolute atomic E-state index is 0.0588. The Hall–Kier alpha value is -1.62. The molecule has 2 amide bonds. The second kappa shape index (κ2) is 21.3. The molecule has 264 valence electrons. The predicted octanol–water partition coefficient (Wildman–Crippen LogP) is -4.64. The summed E-state index contributed by atoms with van der Waals surface area (Å²) in [6.45, 7) is 5.14. The molecule has 2 rings (SSSR count). The SMILES string of the molecule is CC(=O)NC1C(O)[C@@H](O)C(CO)O[C@H]1OCCOCCOCC(C)OCCOCCO[C@@H]1OC(CO)[C@H](O)C(O)C1NC(C)=O. The van der Waals surface area contributed by atoms with E-state index in [2.05, 4.69) is 10.6 Å². The van der Waals surface area contributed by atoms with Crippen molar-refractivity contribution in [3.63, 3.8) is 0 Å². The molecule has 2 aliphatic rings. The Kier molecular flexibility index (Phi) is 18.7. The Bertz CT molecular complexity index is 843. The molecule has 0 aromatic heterocycles. The summed E-state index contributed by atoms with van der Waals surface area (Å²) in [4.78, 5) is 22.9. The summed E-state index contributed by atoms with van der Waals surface area (Å²) in [7, 11) is 0. The molecule has 2 heterocycles. The lowest BCUT2D eigenvalue weighted by atomic mass is 9.97. The lowest BCUT2D eigenvalue weighted by Crippen LogP contribution is -2.64. The molecule has 0 aromatic rings. The summed E-state index contributed by atoms with van der Waals surface area (Å²) >= 11 is 0. The van der Waals surface area contributed by atoms with Crippen LogP contribution in [0.15, 0.2) is 0 Å². The van der Waals surface area contributed by atoms with Crippen LogP contribution in [0.2, 0.25) is 0 Å². The Labute approximate surface area is 261 Å². The minimum Gasteiger partial charge on any atom is -0.394 e. The molecule has 18 heteroatoms. The lowest BCUT2D eigenvalue weighted by molar-refractivity contribution is -0.272. The van der Waals surface area contributed by atoms with Gasteiger partial charge in [0.2, 0.25) is 11.8 Å². The third-order valence-electron chi connectivity index (χ3n) is 6.88. The molecule has 0 bridgehead atoms. The molecule has 0 aliphatic carbocycles. The predicted molar refractivity (Wildman–Crippen MR) is 151 cm³/mol. The van der Waals surface area contributed by atoms with E-state index < -0.39 is 86.3 Å². The molecule has 11 atom stereocenters. The molecule has 2 saturated heterocycles. The van der Waals surface area contributed by atoms with Crippen LogP contribution in [0.3, 0.4) is 0 Å². The van der Waals surface area contributed by atoms with Crippen molar-refractivity contribution in [2.45, 2.75) is 88.2 Å². The van der Waals surface area contributed by atoms with E-state index in [1.165, 1.54) is 13.8 Å². The third-order valence-corrected chi connectivity index (χ3v) is 6.88. The fourth-order valence-corrected chi connectivity index (χ4v) is 4.60. The zero-order valence-electron chi connectivity index (χ0n) is 25.9. The molecule has 18 nitrogen and oxygen atoms in total. The highest BCUT2D eigenvalue weighted by Gasteiger charge is 2.46. The van der Waals surface area contributed by atoms with Crippen LogP contribution in [0, 0.1) is 0 Å². The normalized spacial score (nSPS) is 32.6. The summed E-state index contributed by atoms with van der Waals surface area (Å²) in [5.74, 6) is -0.885. The smallest absolute Gasteiger partial charge is 0.217 e. The van der Waals surface area contributed by atoms with E-state index >= 15 is 0 Å². The molecule has 2 fully saturated rings. The standard InChI is InChI=1S/C27H50N2O16/c1-15(41-9-6-39-8-11-43-27-21(29-17(3)33)25(37)23(35)19(13-31)45-27)14-40-5-4-38-7-10-42-26-20(28-16(2)32)24(36)22(34)18(12-30)44-26/h15,18-27,30-31,34-37H,4-14H2,1-3H3,(H,28,32)(H,29,33)/t15?,18?,19?,20?,21?,22-,23-,24?,25?,26+,27+/m0/s1. The number of amides is 2. The van der Waals surface area contributed by atoms with Gasteiger partial charge in [-0.1, -0.05) is 0 Å². The zero-order chi connectivity index (χ0) is 33.4. The Morgan fingerprint density at radius 1 is 0.644 bits per heavy atom.